The van der Waals surface area contributed by atoms with Crippen LogP contribution in [0.25, 0.3) is 0 Å². The van der Waals surface area contributed by atoms with Crippen LogP contribution in [0.15, 0.2) is 28.1 Å². The Morgan fingerprint density at radius 2 is 2.11 bits per heavy atom. The molecule has 0 spiro atoms. The highest BCUT2D eigenvalue weighted by atomic mass is 127. The molecule has 0 fully saturated rings. The van der Waals surface area contributed by atoms with E-state index in [1.54, 1.807) is 11.3 Å². The van der Waals surface area contributed by atoms with E-state index in [0.717, 1.165) is 20.4 Å². The first-order valence-electron chi connectivity index (χ1n) is 5.66. The Bertz CT molecular complexity index is 569. The molecule has 0 aliphatic heterocycles. The summed E-state index contributed by atoms with van der Waals surface area (Å²) in [6.07, 6.45) is 0. The SMILES string of the molecule is CCNC(c1cc(Cl)c(Br)s1)c1cc(Cl)ccc1I. The van der Waals surface area contributed by atoms with Gasteiger partial charge in [0.25, 0.3) is 0 Å². The Morgan fingerprint density at radius 3 is 2.68 bits per heavy atom. The zero-order valence-corrected chi connectivity index (χ0v) is 16.1. The Kier molecular flexibility index (Phi) is 5.99. The van der Waals surface area contributed by atoms with Gasteiger partial charge in [-0.1, -0.05) is 30.1 Å². The summed E-state index contributed by atoms with van der Waals surface area (Å²) in [5.74, 6) is 0. The van der Waals surface area contributed by atoms with Gasteiger partial charge in [0.15, 0.2) is 0 Å². The summed E-state index contributed by atoms with van der Waals surface area (Å²) >= 11 is 19.7. The van der Waals surface area contributed by atoms with Gasteiger partial charge in [0.1, 0.15) is 0 Å². The van der Waals surface area contributed by atoms with Gasteiger partial charge in [0.05, 0.1) is 14.9 Å². The van der Waals surface area contributed by atoms with Crippen molar-refractivity contribution in [2.75, 3.05) is 6.54 Å². The molecule has 0 aliphatic carbocycles. The van der Waals surface area contributed by atoms with Crippen molar-refractivity contribution in [3.8, 4) is 0 Å². The maximum atomic E-state index is 6.14. The maximum absolute atomic E-state index is 6.14. The van der Waals surface area contributed by atoms with E-state index in [1.807, 2.05) is 24.3 Å². The van der Waals surface area contributed by atoms with Gasteiger partial charge in [-0.25, -0.2) is 0 Å². The number of benzene rings is 1. The second-order valence-corrected chi connectivity index (χ2v) is 8.33. The van der Waals surface area contributed by atoms with Crippen LogP contribution in [0.3, 0.4) is 0 Å². The van der Waals surface area contributed by atoms with Gasteiger partial charge in [-0.2, -0.15) is 0 Å². The van der Waals surface area contributed by atoms with Crippen LogP contribution in [0.5, 0.6) is 0 Å². The highest BCUT2D eigenvalue weighted by molar-refractivity contribution is 14.1. The van der Waals surface area contributed by atoms with Crippen LogP contribution in [-0.2, 0) is 0 Å². The minimum absolute atomic E-state index is 0.115. The van der Waals surface area contributed by atoms with Crippen molar-refractivity contribution in [3.63, 3.8) is 0 Å². The van der Waals surface area contributed by atoms with Crippen molar-refractivity contribution in [3.05, 3.63) is 52.1 Å². The van der Waals surface area contributed by atoms with Gasteiger partial charge in [-0.05, 0) is 74.9 Å². The highest BCUT2D eigenvalue weighted by Gasteiger charge is 2.19. The van der Waals surface area contributed by atoms with Crippen LogP contribution in [0.1, 0.15) is 23.4 Å². The van der Waals surface area contributed by atoms with E-state index in [0.29, 0.717) is 0 Å². The lowest BCUT2D eigenvalue weighted by atomic mass is 10.1. The smallest absolute Gasteiger partial charge is 0.0888 e. The molecule has 2 aromatic rings. The molecule has 0 radical (unpaired) electrons. The molecule has 0 aliphatic rings. The molecule has 0 saturated carbocycles. The lowest BCUT2D eigenvalue weighted by Gasteiger charge is -2.18. The largest absolute Gasteiger partial charge is 0.306 e. The molecule has 102 valence electrons. The third-order valence-corrected chi connectivity index (χ3v) is 6.38. The lowest BCUT2D eigenvalue weighted by molar-refractivity contribution is 0.637. The van der Waals surface area contributed by atoms with Crippen molar-refractivity contribution in [1.29, 1.82) is 0 Å². The summed E-state index contributed by atoms with van der Waals surface area (Å²) in [6.45, 7) is 2.97. The Labute approximate surface area is 149 Å². The molecule has 0 saturated heterocycles. The molecule has 0 amide bonds. The van der Waals surface area contributed by atoms with Crippen molar-refractivity contribution in [1.82, 2.24) is 5.32 Å². The first kappa shape index (κ1) is 16.0. The molecular weight excluding hydrogens is 480 g/mol. The van der Waals surface area contributed by atoms with Crippen LogP contribution >= 0.6 is 73.1 Å². The fourth-order valence-corrected chi connectivity index (χ4v) is 4.48. The normalized spacial score (nSPS) is 12.7. The maximum Gasteiger partial charge on any atom is 0.0888 e. The van der Waals surface area contributed by atoms with E-state index >= 15 is 0 Å². The number of rotatable bonds is 4. The van der Waals surface area contributed by atoms with Crippen LogP contribution in [0, 0.1) is 3.57 Å². The molecule has 1 nitrogen and oxygen atoms in total. The lowest BCUT2D eigenvalue weighted by Crippen LogP contribution is -2.22. The second-order valence-electron chi connectivity index (χ2n) is 3.93. The molecule has 1 aromatic heterocycles. The summed E-state index contributed by atoms with van der Waals surface area (Å²) in [4.78, 5) is 1.18. The number of nitrogens with one attached hydrogen (secondary N) is 1. The second kappa shape index (κ2) is 7.09. The summed E-state index contributed by atoms with van der Waals surface area (Å²) in [7, 11) is 0. The fourth-order valence-electron chi connectivity index (χ4n) is 1.81. The van der Waals surface area contributed by atoms with E-state index in [9.17, 15) is 0 Å². The summed E-state index contributed by atoms with van der Waals surface area (Å²) in [5, 5.41) is 4.99. The zero-order valence-electron chi connectivity index (χ0n) is 10.0. The summed E-state index contributed by atoms with van der Waals surface area (Å²) in [6, 6.07) is 8.07. The average molecular weight is 491 g/mol. The van der Waals surface area contributed by atoms with Crippen molar-refractivity contribution in [2.45, 2.75) is 13.0 Å². The van der Waals surface area contributed by atoms with E-state index in [4.69, 9.17) is 23.2 Å². The van der Waals surface area contributed by atoms with Gasteiger partial charge in [-0.15, -0.1) is 11.3 Å². The number of hydrogen-bond acceptors (Lipinski definition) is 2. The Hall–Kier alpha value is 0.670. The summed E-state index contributed by atoms with van der Waals surface area (Å²) < 4.78 is 2.15. The predicted octanol–water partition coefficient (Wildman–Crippen LogP) is 6.12. The van der Waals surface area contributed by atoms with Crippen LogP contribution in [0.2, 0.25) is 10.0 Å². The van der Waals surface area contributed by atoms with Crippen LogP contribution < -0.4 is 5.32 Å². The molecule has 1 N–H and O–H groups in total. The van der Waals surface area contributed by atoms with E-state index in [-0.39, 0.29) is 6.04 Å². The molecule has 1 aromatic carbocycles. The standard InChI is InChI=1S/C13H11BrCl2INS/c1-2-18-12(11-6-9(16)13(14)19-11)8-5-7(15)3-4-10(8)17/h3-6,12,18H,2H2,1H3. The number of halogens is 4. The van der Waals surface area contributed by atoms with Gasteiger partial charge in [0.2, 0.25) is 0 Å². The minimum atomic E-state index is 0.115. The topological polar surface area (TPSA) is 12.0 Å². The number of hydrogen-bond donors (Lipinski definition) is 1. The minimum Gasteiger partial charge on any atom is -0.306 e. The zero-order chi connectivity index (χ0) is 14.0. The summed E-state index contributed by atoms with van der Waals surface area (Å²) in [5.41, 5.74) is 1.18. The molecule has 0 bridgehead atoms. The molecule has 19 heavy (non-hydrogen) atoms. The van der Waals surface area contributed by atoms with Crippen LogP contribution in [0.4, 0.5) is 0 Å². The predicted molar refractivity (Wildman–Crippen MR) is 96.7 cm³/mol. The van der Waals surface area contributed by atoms with Gasteiger partial charge in [-0.3, -0.25) is 0 Å². The van der Waals surface area contributed by atoms with Crippen molar-refractivity contribution < 1.29 is 0 Å². The average Bonchev–Trinajstić information content (AvgIpc) is 2.70. The quantitative estimate of drug-likeness (QED) is 0.509. The van der Waals surface area contributed by atoms with E-state index in [1.165, 1.54) is 14.0 Å². The molecule has 1 atom stereocenters. The van der Waals surface area contributed by atoms with Crippen molar-refractivity contribution in [2.24, 2.45) is 0 Å². The molecule has 1 heterocycles. The van der Waals surface area contributed by atoms with E-state index in [2.05, 4.69) is 50.8 Å². The van der Waals surface area contributed by atoms with Crippen molar-refractivity contribution >= 4 is 73.1 Å². The first-order chi connectivity index (χ1) is 9.02. The molecule has 1 unspecified atom stereocenters. The molecule has 6 heteroatoms. The van der Waals surface area contributed by atoms with Gasteiger partial charge < -0.3 is 5.32 Å². The van der Waals surface area contributed by atoms with E-state index < -0.39 is 0 Å². The van der Waals surface area contributed by atoms with Gasteiger partial charge in [0, 0.05) is 13.5 Å². The monoisotopic (exact) mass is 489 g/mol. The molecule has 2 rings (SSSR count). The number of thiophene rings is 1. The third-order valence-electron chi connectivity index (χ3n) is 2.63. The molecular formula is C13H11BrCl2INS. The first-order valence-corrected chi connectivity index (χ1v) is 9.10. The Balaban J connectivity index is 2.47. The third kappa shape index (κ3) is 3.86. The fraction of sp³-hybridized carbons (Fsp3) is 0.231. The Morgan fingerprint density at radius 1 is 1.37 bits per heavy atom. The van der Waals surface area contributed by atoms with Gasteiger partial charge >= 0.3 is 0 Å². The highest BCUT2D eigenvalue weighted by Crippen LogP contribution is 2.38. The van der Waals surface area contributed by atoms with Crippen LogP contribution in [-0.4, -0.2) is 6.54 Å².